The van der Waals surface area contributed by atoms with Gasteiger partial charge in [0.15, 0.2) is 0 Å². The van der Waals surface area contributed by atoms with E-state index in [0.29, 0.717) is 25.3 Å². The predicted octanol–water partition coefficient (Wildman–Crippen LogP) is 2.89. The zero-order valence-electron chi connectivity index (χ0n) is 20.9. The van der Waals surface area contributed by atoms with Gasteiger partial charge in [-0.3, -0.25) is 14.8 Å². The lowest BCUT2D eigenvalue weighted by molar-refractivity contribution is 0.0757. The molecule has 0 spiro atoms. The van der Waals surface area contributed by atoms with Gasteiger partial charge < -0.3 is 19.9 Å². The Bertz CT molecular complexity index is 1400. The number of carbonyl (C=O) groups excluding carboxylic acids is 1. The van der Waals surface area contributed by atoms with Gasteiger partial charge in [-0.05, 0) is 60.2 Å². The number of nitrogens with zero attached hydrogens (tertiary/aromatic N) is 6. The molecule has 0 bridgehead atoms. The van der Waals surface area contributed by atoms with Crippen molar-refractivity contribution in [3.8, 4) is 6.07 Å². The average Bonchev–Trinajstić information content (AvgIpc) is 2.90. The molecule has 3 aromatic rings. The number of carbonyl (C=O) groups is 1. The minimum Gasteiger partial charge on any atom is -0.375 e. The molecule has 188 valence electrons. The quantitative estimate of drug-likeness (QED) is 0.576. The van der Waals surface area contributed by atoms with Gasteiger partial charge in [-0.25, -0.2) is 4.98 Å². The van der Waals surface area contributed by atoms with Gasteiger partial charge in [0.05, 0.1) is 43.9 Å². The summed E-state index contributed by atoms with van der Waals surface area (Å²) in [7, 11) is 0. The second-order valence-corrected chi connectivity index (χ2v) is 10.2. The van der Waals surface area contributed by atoms with Crippen molar-refractivity contribution in [2.45, 2.75) is 44.9 Å². The molecular formula is C28H29N7O2. The van der Waals surface area contributed by atoms with E-state index in [-0.39, 0.29) is 5.91 Å². The molecule has 3 aliphatic rings. The van der Waals surface area contributed by atoms with Crippen LogP contribution in [0, 0.1) is 11.3 Å². The Labute approximate surface area is 216 Å². The van der Waals surface area contributed by atoms with Gasteiger partial charge in [0.25, 0.3) is 5.91 Å². The molecule has 1 aromatic carbocycles. The standard InChI is InChI=1S/C28H29N7O2/c1-28(17-29)18-37-16-21-4-3-19(10-24(21)28)27(36)32-12-23-9-22-15-35(8-5-20(22)11-31-23)26-14-30-13-25(33-26)34-6-2-7-34/h3-4,9-11,13-14H,2,5-8,12,15-16,18H2,1H3,(H,32,36)/t28-/m1/s1. The fourth-order valence-corrected chi connectivity index (χ4v) is 5.14. The number of anilines is 2. The van der Waals surface area contributed by atoms with Crippen molar-refractivity contribution in [2.24, 2.45) is 0 Å². The summed E-state index contributed by atoms with van der Waals surface area (Å²) in [6.45, 7) is 6.64. The summed E-state index contributed by atoms with van der Waals surface area (Å²) in [4.78, 5) is 31.3. The molecule has 1 saturated heterocycles. The summed E-state index contributed by atoms with van der Waals surface area (Å²) >= 11 is 0. The smallest absolute Gasteiger partial charge is 0.251 e. The highest BCUT2D eigenvalue weighted by Gasteiger charge is 2.33. The molecule has 0 aliphatic carbocycles. The molecule has 5 heterocycles. The molecule has 3 aliphatic heterocycles. The maximum atomic E-state index is 13.0. The fourth-order valence-electron chi connectivity index (χ4n) is 5.14. The zero-order chi connectivity index (χ0) is 25.4. The number of rotatable bonds is 5. The first kappa shape index (κ1) is 23.4. The highest BCUT2D eigenvalue weighted by atomic mass is 16.5. The number of hydrogen-bond donors (Lipinski definition) is 1. The molecule has 0 radical (unpaired) electrons. The molecule has 1 N–H and O–H groups in total. The molecule has 37 heavy (non-hydrogen) atoms. The Morgan fingerprint density at radius 1 is 1.11 bits per heavy atom. The van der Waals surface area contributed by atoms with Gasteiger partial charge in [-0.1, -0.05) is 6.07 Å². The normalized spacial score (nSPS) is 20.3. The summed E-state index contributed by atoms with van der Waals surface area (Å²) in [5, 5.41) is 12.7. The van der Waals surface area contributed by atoms with E-state index in [1.807, 2.05) is 37.6 Å². The van der Waals surface area contributed by atoms with E-state index < -0.39 is 5.41 Å². The monoisotopic (exact) mass is 495 g/mol. The SMILES string of the molecule is C[C@@]1(C#N)COCc2ccc(C(=O)NCc3cc4c(cn3)CCN(c3cncc(N5CCC5)n3)C4)cc21. The van der Waals surface area contributed by atoms with Crippen LogP contribution in [0.3, 0.4) is 0 Å². The summed E-state index contributed by atoms with van der Waals surface area (Å²) < 4.78 is 5.57. The minimum absolute atomic E-state index is 0.186. The molecular weight excluding hydrogens is 466 g/mol. The summed E-state index contributed by atoms with van der Waals surface area (Å²) in [5.41, 5.74) is 4.82. The van der Waals surface area contributed by atoms with Crippen molar-refractivity contribution in [2.75, 3.05) is 36.0 Å². The lowest BCUT2D eigenvalue weighted by Gasteiger charge is -2.34. The first-order valence-electron chi connectivity index (χ1n) is 12.7. The number of ether oxygens (including phenoxy) is 1. The van der Waals surface area contributed by atoms with Crippen LogP contribution in [0.5, 0.6) is 0 Å². The van der Waals surface area contributed by atoms with Crippen molar-refractivity contribution < 1.29 is 9.53 Å². The highest BCUT2D eigenvalue weighted by molar-refractivity contribution is 5.94. The van der Waals surface area contributed by atoms with E-state index in [1.165, 1.54) is 17.5 Å². The summed E-state index contributed by atoms with van der Waals surface area (Å²) in [6, 6.07) is 9.90. The largest absolute Gasteiger partial charge is 0.375 e. The van der Waals surface area contributed by atoms with Gasteiger partial charge in [0, 0.05) is 37.9 Å². The summed E-state index contributed by atoms with van der Waals surface area (Å²) in [6.07, 6.45) is 7.69. The van der Waals surface area contributed by atoms with E-state index in [0.717, 1.165) is 61.1 Å². The van der Waals surface area contributed by atoms with E-state index in [2.05, 4.69) is 37.2 Å². The van der Waals surface area contributed by atoms with Crippen LogP contribution in [0.1, 0.15) is 51.7 Å². The average molecular weight is 496 g/mol. The van der Waals surface area contributed by atoms with Crippen LogP contribution in [0.4, 0.5) is 11.6 Å². The number of amides is 1. The van der Waals surface area contributed by atoms with Crippen LogP contribution in [0.25, 0.3) is 0 Å². The zero-order valence-corrected chi connectivity index (χ0v) is 20.9. The molecule has 1 fully saturated rings. The molecule has 1 amide bonds. The maximum Gasteiger partial charge on any atom is 0.251 e. The van der Waals surface area contributed by atoms with Crippen molar-refractivity contribution in [3.05, 3.63) is 76.4 Å². The van der Waals surface area contributed by atoms with Crippen LogP contribution in [-0.2, 0) is 36.3 Å². The third-order valence-electron chi connectivity index (χ3n) is 7.56. The highest BCUT2D eigenvalue weighted by Crippen LogP contribution is 2.32. The Morgan fingerprint density at radius 3 is 2.73 bits per heavy atom. The maximum absolute atomic E-state index is 13.0. The third kappa shape index (κ3) is 4.49. The van der Waals surface area contributed by atoms with E-state index >= 15 is 0 Å². The van der Waals surface area contributed by atoms with E-state index in [9.17, 15) is 10.1 Å². The first-order valence-corrected chi connectivity index (χ1v) is 12.7. The van der Waals surface area contributed by atoms with Crippen molar-refractivity contribution in [3.63, 3.8) is 0 Å². The summed E-state index contributed by atoms with van der Waals surface area (Å²) in [5.74, 6) is 1.65. The van der Waals surface area contributed by atoms with Crippen molar-refractivity contribution in [1.82, 2.24) is 20.3 Å². The van der Waals surface area contributed by atoms with Crippen LogP contribution < -0.4 is 15.1 Å². The molecule has 9 heteroatoms. The van der Waals surface area contributed by atoms with Crippen LogP contribution in [0.2, 0.25) is 0 Å². The number of hydrogen-bond acceptors (Lipinski definition) is 8. The molecule has 0 saturated carbocycles. The van der Waals surface area contributed by atoms with Crippen LogP contribution in [-0.4, -0.2) is 47.1 Å². The topological polar surface area (TPSA) is 107 Å². The Hall–Kier alpha value is -4.03. The van der Waals surface area contributed by atoms with Gasteiger partial charge in [-0.2, -0.15) is 5.26 Å². The molecule has 2 aromatic heterocycles. The number of nitriles is 1. The van der Waals surface area contributed by atoms with Crippen LogP contribution >= 0.6 is 0 Å². The second kappa shape index (κ2) is 9.45. The molecule has 9 nitrogen and oxygen atoms in total. The lowest BCUT2D eigenvalue weighted by atomic mass is 9.79. The van der Waals surface area contributed by atoms with E-state index in [1.54, 1.807) is 6.07 Å². The fraction of sp³-hybridized carbons (Fsp3) is 0.393. The predicted molar refractivity (Wildman–Crippen MR) is 138 cm³/mol. The number of benzene rings is 1. The Balaban J connectivity index is 1.14. The van der Waals surface area contributed by atoms with Gasteiger partial charge in [-0.15, -0.1) is 0 Å². The number of nitrogens with one attached hydrogen (secondary N) is 1. The van der Waals surface area contributed by atoms with Crippen molar-refractivity contribution >= 4 is 17.5 Å². The molecule has 6 rings (SSSR count). The lowest BCUT2D eigenvalue weighted by Crippen LogP contribution is -2.38. The van der Waals surface area contributed by atoms with Crippen molar-refractivity contribution in [1.29, 1.82) is 5.26 Å². The Kier molecular flexibility index (Phi) is 5.97. The van der Waals surface area contributed by atoms with E-state index in [4.69, 9.17) is 9.72 Å². The second-order valence-electron chi connectivity index (χ2n) is 10.2. The van der Waals surface area contributed by atoms with Gasteiger partial charge >= 0.3 is 0 Å². The molecule has 1 atom stereocenters. The number of aromatic nitrogens is 3. The Morgan fingerprint density at radius 2 is 1.95 bits per heavy atom. The number of pyridine rings is 1. The third-order valence-corrected chi connectivity index (χ3v) is 7.56. The molecule has 0 unspecified atom stereocenters. The first-order chi connectivity index (χ1) is 18.0. The number of fused-ring (bicyclic) bond motifs is 2. The van der Waals surface area contributed by atoms with Gasteiger partial charge in [0.1, 0.15) is 17.1 Å². The van der Waals surface area contributed by atoms with Gasteiger partial charge in [0.2, 0.25) is 0 Å². The minimum atomic E-state index is -0.755. The van der Waals surface area contributed by atoms with Crippen LogP contribution in [0.15, 0.2) is 42.9 Å².